The second-order valence-corrected chi connectivity index (χ2v) is 11.3. The van der Waals surface area contributed by atoms with Crippen molar-refractivity contribution in [1.82, 2.24) is 14.8 Å². The minimum atomic E-state index is -3.09. The third-order valence-corrected chi connectivity index (χ3v) is 8.33. The van der Waals surface area contributed by atoms with Gasteiger partial charge in [0.1, 0.15) is 0 Å². The van der Waals surface area contributed by atoms with E-state index in [1.807, 2.05) is 55.6 Å². The highest BCUT2D eigenvalue weighted by Gasteiger charge is 2.32. The Bertz CT molecular complexity index is 1440. The van der Waals surface area contributed by atoms with Gasteiger partial charge in [0.2, 0.25) is 0 Å². The first-order chi connectivity index (χ1) is 15.3. The van der Waals surface area contributed by atoms with Gasteiger partial charge in [-0.25, -0.2) is 18.1 Å². The molecule has 1 N–H and O–H groups in total. The van der Waals surface area contributed by atoms with Gasteiger partial charge >= 0.3 is 0 Å². The summed E-state index contributed by atoms with van der Waals surface area (Å²) < 4.78 is 25.9. The van der Waals surface area contributed by atoms with Crippen LogP contribution in [0.4, 0.5) is 5.69 Å². The molecule has 9 heteroatoms. The molecule has 32 heavy (non-hydrogen) atoms. The first-order valence-electron chi connectivity index (χ1n) is 10.3. The van der Waals surface area contributed by atoms with Gasteiger partial charge in [-0.2, -0.15) is 5.10 Å². The van der Waals surface area contributed by atoms with Crippen molar-refractivity contribution in [2.75, 3.05) is 16.8 Å². The quantitative estimate of drug-likeness (QED) is 0.481. The lowest BCUT2D eigenvalue weighted by atomic mass is 10.1. The van der Waals surface area contributed by atoms with E-state index in [-0.39, 0.29) is 23.5 Å². The van der Waals surface area contributed by atoms with E-state index in [4.69, 9.17) is 4.98 Å². The lowest BCUT2D eigenvalue weighted by molar-refractivity contribution is 0.102. The number of nitrogens with zero attached hydrogens (tertiary/aromatic N) is 3. The summed E-state index contributed by atoms with van der Waals surface area (Å²) in [6, 6.07) is 13.0. The molecule has 0 saturated carbocycles. The number of fused-ring (bicyclic) bond motifs is 1. The number of nitrogens with one attached hydrogen (secondary N) is 1. The smallest absolute Gasteiger partial charge is 0.256 e. The minimum absolute atomic E-state index is 0.0406. The Hall–Kier alpha value is -3.04. The van der Waals surface area contributed by atoms with E-state index < -0.39 is 9.84 Å². The fourth-order valence-corrected chi connectivity index (χ4v) is 6.56. The summed E-state index contributed by atoms with van der Waals surface area (Å²) in [6.45, 7) is 3.80. The second-order valence-electron chi connectivity index (χ2n) is 8.14. The zero-order valence-electron chi connectivity index (χ0n) is 17.7. The number of rotatable bonds is 4. The number of anilines is 1. The third-order valence-electron chi connectivity index (χ3n) is 5.69. The number of sulfone groups is 1. The zero-order chi connectivity index (χ0) is 22.5. The van der Waals surface area contributed by atoms with Crippen LogP contribution in [0.1, 0.15) is 34.1 Å². The van der Waals surface area contributed by atoms with Crippen molar-refractivity contribution in [1.29, 1.82) is 0 Å². The van der Waals surface area contributed by atoms with Gasteiger partial charge in [-0.05, 0) is 55.5 Å². The van der Waals surface area contributed by atoms with Gasteiger partial charge < -0.3 is 5.32 Å². The number of pyridine rings is 1. The normalized spacial score (nSPS) is 17.6. The zero-order valence-corrected chi connectivity index (χ0v) is 19.3. The van der Waals surface area contributed by atoms with E-state index in [0.717, 1.165) is 10.4 Å². The molecule has 1 saturated heterocycles. The minimum Gasteiger partial charge on any atom is -0.322 e. The highest BCUT2D eigenvalue weighted by molar-refractivity contribution is 7.91. The SMILES string of the molecule is Cc1cccc(NC(=O)c2cc(-c3cccs3)nc3c2c(C)nn3C2CCS(=O)(=O)C2)c1. The van der Waals surface area contributed by atoms with Crippen LogP contribution >= 0.6 is 11.3 Å². The number of aromatic nitrogens is 3. The Morgan fingerprint density at radius 1 is 1.19 bits per heavy atom. The van der Waals surface area contributed by atoms with Gasteiger partial charge in [-0.15, -0.1) is 11.3 Å². The first kappa shape index (κ1) is 20.8. The monoisotopic (exact) mass is 466 g/mol. The summed E-state index contributed by atoms with van der Waals surface area (Å²) in [7, 11) is -3.09. The van der Waals surface area contributed by atoms with Crippen LogP contribution in [0, 0.1) is 13.8 Å². The van der Waals surface area contributed by atoms with Gasteiger partial charge in [0, 0.05) is 5.69 Å². The van der Waals surface area contributed by atoms with Crippen molar-refractivity contribution >= 4 is 43.8 Å². The largest absolute Gasteiger partial charge is 0.322 e. The fourth-order valence-electron chi connectivity index (χ4n) is 4.19. The molecule has 5 rings (SSSR count). The molecule has 3 aromatic heterocycles. The van der Waals surface area contributed by atoms with Crippen molar-refractivity contribution in [3.05, 3.63) is 64.7 Å². The maximum atomic E-state index is 13.4. The molecule has 0 bridgehead atoms. The average molecular weight is 467 g/mol. The van der Waals surface area contributed by atoms with Crippen LogP contribution in [0.3, 0.4) is 0 Å². The first-order valence-corrected chi connectivity index (χ1v) is 13.0. The lowest BCUT2D eigenvalue weighted by Gasteiger charge is -2.12. The Morgan fingerprint density at radius 3 is 2.72 bits per heavy atom. The molecule has 1 fully saturated rings. The molecule has 164 valence electrons. The predicted molar refractivity (Wildman–Crippen MR) is 127 cm³/mol. The highest BCUT2D eigenvalue weighted by atomic mass is 32.2. The molecule has 4 heterocycles. The summed E-state index contributed by atoms with van der Waals surface area (Å²) in [5.41, 5.74) is 4.11. The third kappa shape index (κ3) is 3.82. The van der Waals surface area contributed by atoms with E-state index in [1.165, 1.54) is 11.3 Å². The number of hydrogen-bond acceptors (Lipinski definition) is 6. The summed E-state index contributed by atoms with van der Waals surface area (Å²) >= 11 is 1.54. The number of aryl methyl sites for hydroxylation is 2. The fraction of sp³-hybridized carbons (Fsp3) is 0.261. The molecule has 1 atom stereocenters. The van der Waals surface area contributed by atoms with Gasteiger partial charge in [0.25, 0.3) is 5.91 Å². The van der Waals surface area contributed by atoms with E-state index in [1.54, 1.807) is 10.7 Å². The molecular weight excluding hydrogens is 444 g/mol. The van der Waals surface area contributed by atoms with Gasteiger partial charge in [0.05, 0.1) is 44.8 Å². The molecular formula is C23H22N4O3S2. The van der Waals surface area contributed by atoms with Gasteiger partial charge in [0.15, 0.2) is 15.5 Å². The van der Waals surface area contributed by atoms with Crippen molar-refractivity contribution < 1.29 is 13.2 Å². The van der Waals surface area contributed by atoms with Crippen LogP contribution in [0.15, 0.2) is 47.8 Å². The van der Waals surface area contributed by atoms with Crippen molar-refractivity contribution in [2.24, 2.45) is 0 Å². The number of thiophene rings is 1. The summed E-state index contributed by atoms with van der Waals surface area (Å²) in [6.07, 6.45) is 0.494. The summed E-state index contributed by atoms with van der Waals surface area (Å²) in [4.78, 5) is 19.1. The molecule has 0 spiro atoms. The Labute approximate surface area is 190 Å². The predicted octanol–water partition coefficient (Wildman–Crippen LogP) is 4.39. The van der Waals surface area contributed by atoms with Crippen LogP contribution in [-0.2, 0) is 9.84 Å². The van der Waals surface area contributed by atoms with Crippen molar-refractivity contribution in [3.8, 4) is 10.6 Å². The van der Waals surface area contributed by atoms with Crippen LogP contribution in [0.5, 0.6) is 0 Å². The van der Waals surface area contributed by atoms with E-state index >= 15 is 0 Å². The molecule has 1 unspecified atom stereocenters. The van der Waals surface area contributed by atoms with E-state index in [0.29, 0.717) is 40.1 Å². The Kier molecular flexibility index (Phi) is 5.10. The number of benzene rings is 1. The molecule has 4 aromatic rings. The Balaban J connectivity index is 1.67. The maximum absolute atomic E-state index is 13.4. The topological polar surface area (TPSA) is 93.9 Å². The van der Waals surface area contributed by atoms with Crippen LogP contribution in [-0.4, -0.2) is 40.6 Å². The van der Waals surface area contributed by atoms with E-state index in [9.17, 15) is 13.2 Å². The van der Waals surface area contributed by atoms with Crippen LogP contribution < -0.4 is 5.32 Å². The molecule has 0 aliphatic carbocycles. The maximum Gasteiger partial charge on any atom is 0.256 e. The molecule has 1 aromatic carbocycles. The van der Waals surface area contributed by atoms with Crippen LogP contribution in [0.25, 0.3) is 21.6 Å². The molecule has 1 aliphatic heterocycles. The van der Waals surface area contributed by atoms with E-state index in [2.05, 4.69) is 10.4 Å². The highest BCUT2D eigenvalue weighted by Crippen LogP contribution is 2.33. The van der Waals surface area contributed by atoms with Gasteiger partial charge in [-0.3, -0.25) is 4.79 Å². The molecule has 0 radical (unpaired) electrons. The Morgan fingerprint density at radius 2 is 2.03 bits per heavy atom. The van der Waals surface area contributed by atoms with Crippen molar-refractivity contribution in [2.45, 2.75) is 26.3 Å². The summed E-state index contributed by atoms with van der Waals surface area (Å²) in [5.74, 6) is -0.0648. The summed E-state index contributed by atoms with van der Waals surface area (Å²) in [5, 5.41) is 10.2. The molecule has 1 aliphatic rings. The molecule has 1 amide bonds. The molecule has 7 nitrogen and oxygen atoms in total. The number of carbonyl (C=O) groups excluding carboxylic acids is 1. The average Bonchev–Trinajstić information content (AvgIpc) is 3.47. The van der Waals surface area contributed by atoms with Crippen molar-refractivity contribution in [3.63, 3.8) is 0 Å². The lowest BCUT2D eigenvalue weighted by Crippen LogP contribution is -2.15. The number of hydrogen-bond donors (Lipinski definition) is 1. The standard InChI is InChI=1S/C23H22N4O3S2/c1-14-5-3-6-16(11-14)24-23(28)18-12-19(20-7-4-9-31-20)25-22-21(18)15(2)26-27(22)17-8-10-32(29,30)13-17/h3-7,9,11-12,17H,8,10,13H2,1-2H3,(H,24,28). The van der Waals surface area contributed by atoms with Crippen LogP contribution in [0.2, 0.25) is 0 Å². The number of amides is 1. The number of carbonyl (C=O) groups is 1. The second kappa shape index (κ2) is 7.83. The van der Waals surface area contributed by atoms with Gasteiger partial charge in [-0.1, -0.05) is 18.2 Å².